The molecule has 7 nitrogen and oxygen atoms in total. The number of aliphatic hydroxyl groups is 1. The first-order chi connectivity index (χ1) is 13.1. The first-order valence-corrected chi connectivity index (χ1v) is 10.5. The van der Waals surface area contributed by atoms with Gasteiger partial charge < -0.3 is 15.3 Å². The molecule has 3 unspecified atom stereocenters. The number of carbonyl (C=O) groups excluding carboxylic acids is 1. The zero-order valence-corrected chi connectivity index (χ0v) is 15.8. The molecular weight excluding hydrogens is 344 g/mol. The molecule has 1 aromatic heterocycles. The van der Waals surface area contributed by atoms with E-state index in [0.717, 1.165) is 70.2 Å². The van der Waals surface area contributed by atoms with E-state index >= 15 is 0 Å². The van der Waals surface area contributed by atoms with Crippen LogP contribution in [0.4, 0.5) is 5.82 Å². The number of rotatable bonds is 5. The molecule has 0 aromatic carbocycles. The van der Waals surface area contributed by atoms with Crippen molar-refractivity contribution in [2.24, 2.45) is 5.92 Å². The predicted octanol–water partition coefficient (Wildman–Crippen LogP) is 1.60. The topological polar surface area (TPSA) is 87.5 Å². The van der Waals surface area contributed by atoms with Crippen LogP contribution < -0.4 is 15.8 Å². The fourth-order valence-electron chi connectivity index (χ4n) is 4.56. The Hall–Kier alpha value is -1.89. The quantitative estimate of drug-likeness (QED) is 0.817. The van der Waals surface area contributed by atoms with Crippen LogP contribution in [0.2, 0.25) is 0 Å². The number of aliphatic hydroxyl groups excluding tert-OH is 1. The van der Waals surface area contributed by atoms with Crippen LogP contribution in [-0.2, 0) is 4.79 Å². The third kappa shape index (κ3) is 3.88. The molecule has 1 aromatic rings. The highest BCUT2D eigenvalue weighted by molar-refractivity contribution is 5.79. The first-order valence-electron chi connectivity index (χ1n) is 10.5. The lowest BCUT2D eigenvalue weighted by atomic mass is 9.85. The monoisotopic (exact) mass is 374 g/mol. The number of piperidine rings is 1. The molecule has 3 fully saturated rings. The van der Waals surface area contributed by atoms with Crippen molar-refractivity contribution in [3.05, 3.63) is 22.5 Å². The Balaban J connectivity index is 1.49. The highest BCUT2D eigenvalue weighted by Gasteiger charge is 2.31. The summed E-state index contributed by atoms with van der Waals surface area (Å²) in [5.74, 6) is 1.15. The Kier molecular flexibility index (Phi) is 5.48. The summed E-state index contributed by atoms with van der Waals surface area (Å²) in [6.07, 6.45) is 8.35. The number of carbonyl (C=O) groups is 1. The van der Waals surface area contributed by atoms with Gasteiger partial charge in [0.25, 0.3) is 5.56 Å². The molecule has 3 atom stereocenters. The fourth-order valence-corrected chi connectivity index (χ4v) is 4.56. The maximum Gasteiger partial charge on any atom is 0.267 e. The van der Waals surface area contributed by atoms with Gasteiger partial charge in [-0.15, -0.1) is 0 Å². The van der Waals surface area contributed by atoms with Gasteiger partial charge in [-0.25, -0.2) is 4.68 Å². The Morgan fingerprint density at radius 2 is 1.93 bits per heavy atom. The van der Waals surface area contributed by atoms with Gasteiger partial charge in [0.05, 0.1) is 12.1 Å². The van der Waals surface area contributed by atoms with Gasteiger partial charge in [-0.1, -0.05) is 6.42 Å². The van der Waals surface area contributed by atoms with E-state index in [9.17, 15) is 14.7 Å². The summed E-state index contributed by atoms with van der Waals surface area (Å²) in [6.45, 7) is 1.50. The average Bonchev–Trinajstić information content (AvgIpc) is 3.05. The Bertz CT molecular complexity index is 730. The molecule has 2 aliphatic carbocycles. The SMILES string of the molecule is O=C(NCC1CCCCN1c1ccc(=O)n(C2CCCC2O)n1)C1CCC1. The van der Waals surface area contributed by atoms with Crippen molar-refractivity contribution < 1.29 is 9.90 Å². The van der Waals surface area contributed by atoms with E-state index in [0.29, 0.717) is 6.54 Å². The molecule has 0 bridgehead atoms. The van der Waals surface area contributed by atoms with Crippen molar-refractivity contribution in [3.63, 3.8) is 0 Å². The zero-order chi connectivity index (χ0) is 18.8. The maximum absolute atomic E-state index is 12.3. The van der Waals surface area contributed by atoms with E-state index in [2.05, 4.69) is 15.3 Å². The molecule has 0 spiro atoms. The second-order valence-electron chi connectivity index (χ2n) is 8.26. The van der Waals surface area contributed by atoms with Crippen LogP contribution in [0, 0.1) is 5.92 Å². The Morgan fingerprint density at radius 1 is 1.11 bits per heavy atom. The third-order valence-corrected chi connectivity index (χ3v) is 6.48. The number of anilines is 1. The molecule has 3 aliphatic rings. The molecule has 0 radical (unpaired) electrons. The van der Waals surface area contributed by atoms with Crippen LogP contribution in [0.5, 0.6) is 0 Å². The summed E-state index contributed by atoms with van der Waals surface area (Å²) in [5, 5.41) is 17.9. The number of nitrogens with one attached hydrogen (secondary N) is 1. The van der Waals surface area contributed by atoms with Gasteiger partial charge in [-0.2, -0.15) is 5.10 Å². The predicted molar refractivity (Wildman–Crippen MR) is 103 cm³/mol. The van der Waals surface area contributed by atoms with E-state index in [1.54, 1.807) is 12.1 Å². The molecular formula is C20H30N4O3. The second kappa shape index (κ2) is 8.00. The lowest BCUT2D eigenvalue weighted by Gasteiger charge is -2.37. The van der Waals surface area contributed by atoms with Crippen LogP contribution in [0.15, 0.2) is 16.9 Å². The normalized spacial score (nSPS) is 28.8. The van der Waals surface area contributed by atoms with Crippen molar-refractivity contribution in [2.75, 3.05) is 18.0 Å². The van der Waals surface area contributed by atoms with Crippen molar-refractivity contribution in [1.82, 2.24) is 15.1 Å². The van der Waals surface area contributed by atoms with Crippen LogP contribution >= 0.6 is 0 Å². The minimum Gasteiger partial charge on any atom is -0.391 e. The number of aromatic nitrogens is 2. The molecule has 2 N–H and O–H groups in total. The minimum atomic E-state index is -0.496. The van der Waals surface area contributed by atoms with Gasteiger partial charge in [-0.05, 0) is 57.4 Å². The average molecular weight is 374 g/mol. The van der Waals surface area contributed by atoms with Crippen LogP contribution in [0.25, 0.3) is 0 Å². The highest BCUT2D eigenvalue weighted by Crippen LogP contribution is 2.30. The highest BCUT2D eigenvalue weighted by atomic mass is 16.3. The van der Waals surface area contributed by atoms with E-state index < -0.39 is 6.10 Å². The van der Waals surface area contributed by atoms with Crippen molar-refractivity contribution in [2.45, 2.75) is 76.0 Å². The van der Waals surface area contributed by atoms with Crippen molar-refractivity contribution in [3.8, 4) is 0 Å². The summed E-state index contributed by atoms with van der Waals surface area (Å²) in [7, 11) is 0. The minimum absolute atomic E-state index is 0.156. The second-order valence-corrected chi connectivity index (χ2v) is 8.26. The first kappa shape index (κ1) is 18.5. The lowest BCUT2D eigenvalue weighted by Crippen LogP contribution is -2.49. The lowest BCUT2D eigenvalue weighted by molar-refractivity contribution is -0.127. The zero-order valence-electron chi connectivity index (χ0n) is 15.8. The summed E-state index contributed by atoms with van der Waals surface area (Å²) in [5.41, 5.74) is -0.156. The fraction of sp³-hybridized carbons (Fsp3) is 0.750. The molecule has 148 valence electrons. The van der Waals surface area contributed by atoms with E-state index in [-0.39, 0.29) is 29.5 Å². The number of hydrogen-bond acceptors (Lipinski definition) is 5. The standard InChI is InChI=1S/C20H30N4O3/c25-17-9-4-8-16(17)24-19(26)11-10-18(22-24)23-12-2-1-7-15(23)13-21-20(27)14-5-3-6-14/h10-11,14-17,25H,1-9,12-13H2,(H,21,27). The molecule has 2 saturated carbocycles. The summed E-state index contributed by atoms with van der Waals surface area (Å²) >= 11 is 0. The number of amides is 1. The van der Waals surface area contributed by atoms with Gasteiger partial charge in [0.15, 0.2) is 0 Å². The van der Waals surface area contributed by atoms with Gasteiger partial charge in [0.1, 0.15) is 5.82 Å². The van der Waals surface area contributed by atoms with Gasteiger partial charge in [-0.3, -0.25) is 9.59 Å². The molecule has 2 heterocycles. The van der Waals surface area contributed by atoms with E-state index in [1.165, 1.54) is 4.68 Å². The number of hydrogen-bond donors (Lipinski definition) is 2. The maximum atomic E-state index is 12.3. The van der Waals surface area contributed by atoms with E-state index in [1.807, 2.05) is 0 Å². The molecule has 1 saturated heterocycles. The summed E-state index contributed by atoms with van der Waals surface area (Å²) in [6, 6.07) is 3.33. The molecule has 27 heavy (non-hydrogen) atoms. The van der Waals surface area contributed by atoms with Crippen LogP contribution in [-0.4, -0.2) is 46.0 Å². The summed E-state index contributed by atoms with van der Waals surface area (Å²) in [4.78, 5) is 26.7. The van der Waals surface area contributed by atoms with Crippen molar-refractivity contribution in [1.29, 1.82) is 0 Å². The summed E-state index contributed by atoms with van der Waals surface area (Å²) < 4.78 is 1.48. The van der Waals surface area contributed by atoms with E-state index in [4.69, 9.17) is 0 Å². The largest absolute Gasteiger partial charge is 0.391 e. The molecule has 1 aliphatic heterocycles. The Labute approximate surface area is 159 Å². The molecule has 4 rings (SSSR count). The third-order valence-electron chi connectivity index (χ3n) is 6.48. The smallest absolute Gasteiger partial charge is 0.267 e. The van der Waals surface area contributed by atoms with Crippen LogP contribution in [0.1, 0.15) is 63.8 Å². The Morgan fingerprint density at radius 3 is 2.63 bits per heavy atom. The van der Waals surface area contributed by atoms with Gasteiger partial charge >= 0.3 is 0 Å². The molecule has 1 amide bonds. The number of nitrogens with zero attached hydrogens (tertiary/aromatic N) is 3. The van der Waals surface area contributed by atoms with Gasteiger partial charge in [0.2, 0.25) is 5.91 Å². The van der Waals surface area contributed by atoms with Crippen molar-refractivity contribution >= 4 is 11.7 Å². The van der Waals surface area contributed by atoms with Crippen LogP contribution in [0.3, 0.4) is 0 Å². The molecule has 7 heteroatoms. The van der Waals surface area contributed by atoms with Gasteiger partial charge in [0, 0.05) is 31.1 Å².